The third-order valence-electron chi connectivity index (χ3n) is 10.8. The smallest absolute Gasteiger partial charge is 0.457 e. The van der Waals surface area contributed by atoms with E-state index in [0.717, 1.165) is 59.5 Å². The first-order valence-electron chi connectivity index (χ1n) is 20.7. The Labute approximate surface area is 381 Å². The van der Waals surface area contributed by atoms with Crippen molar-refractivity contribution in [2.45, 2.75) is 45.0 Å². The average Bonchev–Trinajstić information content (AvgIpc) is 3.68. The second-order valence-electron chi connectivity index (χ2n) is 15.2. The van der Waals surface area contributed by atoms with E-state index in [1.54, 1.807) is 65.2 Å². The van der Waals surface area contributed by atoms with Gasteiger partial charge in [-0.15, -0.1) is 13.2 Å². The van der Waals surface area contributed by atoms with Crippen molar-refractivity contribution in [3.8, 4) is 17.2 Å². The monoisotopic (exact) mass is 921 g/mol. The van der Waals surface area contributed by atoms with Gasteiger partial charge >= 0.3 is 6.36 Å². The molecule has 65 heavy (non-hydrogen) atoms. The first-order chi connectivity index (χ1) is 31.4. The van der Waals surface area contributed by atoms with Crippen LogP contribution >= 0.6 is 23.2 Å². The summed E-state index contributed by atoms with van der Waals surface area (Å²) in [6, 6.07) is 36.9. The van der Waals surface area contributed by atoms with Gasteiger partial charge in [0, 0.05) is 53.7 Å². The molecule has 10 nitrogen and oxygen atoms in total. The summed E-state index contributed by atoms with van der Waals surface area (Å²) in [6.45, 7) is 4.04. The zero-order chi connectivity index (χ0) is 45.5. The number of carbonyl (C=O) groups is 1. The van der Waals surface area contributed by atoms with E-state index in [2.05, 4.69) is 47.4 Å². The summed E-state index contributed by atoms with van der Waals surface area (Å²) >= 11 is 12.0. The molecule has 0 unspecified atom stereocenters. The van der Waals surface area contributed by atoms with Gasteiger partial charge in [0.1, 0.15) is 46.6 Å². The van der Waals surface area contributed by atoms with Gasteiger partial charge in [-0.2, -0.15) is 0 Å². The fourth-order valence-electron chi connectivity index (χ4n) is 7.57. The highest BCUT2D eigenvalue weighted by Gasteiger charge is 2.31. The third-order valence-corrected chi connectivity index (χ3v) is 11.3. The second kappa shape index (κ2) is 19.9. The Morgan fingerprint density at radius 1 is 0.800 bits per heavy atom. The Balaban J connectivity index is 0.000000192. The largest absolute Gasteiger partial charge is 0.573 e. The van der Waals surface area contributed by atoms with E-state index in [1.165, 1.54) is 30.6 Å². The third kappa shape index (κ3) is 11.4. The molecule has 0 bridgehead atoms. The number of amides is 1. The van der Waals surface area contributed by atoms with Gasteiger partial charge in [0.2, 0.25) is 0 Å². The molecule has 1 amide bonds. The van der Waals surface area contributed by atoms with Gasteiger partial charge in [-0.1, -0.05) is 54.4 Å². The Morgan fingerprint density at radius 3 is 2.14 bits per heavy atom. The van der Waals surface area contributed by atoms with Crippen molar-refractivity contribution in [3.63, 3.8) is 0 Å². The molecule has 1 fully saturated rings. The number of aryl methyl sites for hydroxylation is 1. The number of imidazole rings is 1. The van der Waals surface area contributed by atoms with Gasteiger partial charge in [-0.05, 0) is 133 Å². The van der Waals surface area contributed by atoms with Crippen molar-refractivity contribution >= 4 is 62.9 Å². The lowest BCUT2D eigenvalue weighted by molar-refractivity contribution is -0.274. The Bertz CT molecular complexity index is 2890. The summed E-state index contributed by atoms with van der Waals surface area (Å²) in [7, 11) is 0. The normalized spacial score (nSPS) is 13.0. The van der Waals surface area contributed by atoms with Gasteiger partial charge in [0.25, 0.3) is 5.91 Å². The molecule has 1 aliphatic rings. The number of ether oxygens (including phenoxy) is 2. The summed E-state index contributed by atoms with van der Waals surface area (Å²) in [6.07, 6.45) is 0.859. The Hall–Kier alpha value is -6.90. The fraction of sp³-hybridized carbons (Fsp3) is 0.184. The number of aromatic nitrogens is 4. The Morgan fingerprint density at radius 2 is 1.46 bits per heavy atom. The zero-order valence-corrected chi connectivity index (χ0v) is 36.3. The quantitative estimate of drug-likeness (QED) is 0.124. The molecule has 0 saturated carbocycles. The predicted molar refractivity (Wildman–Crippen MR) is 245 cm³/mol. The minimum Gasteiger partial charge on any atom is -0.457 e. The summed E-state index contributed by atoms with van der Waals surface area (Å²) in [5.41, 5.74) is 6.38. The maximum absolute atomic E-state index is 13.3. The summed E-state index contributed by atoms with van der Waals surface area (Å²) in [5.74, 6) is 1.58. The number of rotatable bonds is 11. The first-order valence-corrected chi connectivity index (χ1v) is 21.5. The van der Waals surface area contributed by atoms with Crippen LogP contribution in [-0.2, 0) is 13.0 Å². The van der Waals surface area contributed by atoms with Crippen LogP contribution in [0.25, 0.3) is 16.6 Å². The van der Waals surface area contributed by atoms with Gasteiger partial charge < -0.3 is 25.0 Å². The summed E-state index contributed by atoms with van der Waals surface area (Å²) in [5, 5.41) is 8.16. The van der Waals surface area contributed by atoms with Crippen molar-refractivity contribution in [3.05, 3.63) is 178 Å². The molecule has 4 heterocycles. The van der Waals surface area contributed by atoms with Crippen molar-refractivity contribution in [1.82, 2.24) is 24.7 Å². The molecule has 9 rings (SSSR count). The van der Waals surface area contributed by atoms with Crippen LogP contribution in [0.5, 0.6) is 17.2 Å². The van der Waals surface area contributed by atoms with Gasteiger partial charge in [0.15, 0.2) is 0 Å². The predicted octanol–water partition coefficient (Wildman–Crippen LogP) is 12.7. The van der Waals surface area contributed by atoms with Crippen molar-refractivity contribution in [2.24, 2.45) is 0 Å². The number of piperidine rings is 1. The lowest BCUT2D eigenvalue weighted by Crippen LogP contribution is -2.32. The topological polar surface area (TPSA) is 106 Å². The van der Waals surface area contributed by atoms with Crippen LogP contribution in [0.1, 0.15) is 53.0 Å². The van der Waals surface area contributed by atoms with Crippen LogP contribution < -0.4 is 25.0 Å². The molecule has 1 aliphatic heterocycles. The molecular weight excluding hydrogens is 881 g/mol. The number of hydrogen-bond donors (Lipinski definition) is 2. The molecule has 16 heteroatoms. The van der Waals surface area contributed by atoms with E-state index in [4.69, 9.17) is 27.9 Å². The number of benzene rings is 5. The number of nitrogens with zero attached hydrogens (tertiary/aromatic N) is 5. The highest BCUT2D eigenvalue weighted by molar-refractivity contribution is 6.30. The second-order valence-corrected chi connectivity index (χ2v) is 16.0. The number of carbonyl (C=O) groups excluding carboxylic acids is 1. The van der Waals surface area contributed by atoms with Crippen molar-refractivity contribution in [1.29, 1.82) is 0 Å². The molecule has 0 atom stereocenters. The molecule has 0 spiro atoms. The molecule has 332 valence electrons. The highest BCUT2D eigenvalue weighted by atomic mass is 35.5. The van der Waals surface area contributed by atoms with Crippen LogP contribution in [-0.4, -0.2) is 44.7 Å². The van der Waals surface area contributed by atoms with Crippen LogP contribution in [0, 0.1) is 5.82 Å². The molecule has 8 aromatic rings. The zero-order valence-electron chi connectivity index (χ0n) is 34.8. The molecule has 0 aliphatic carbocycles. The SMILES string of the molecule is CCc1nc2ccc(Cl)cn2c1C(=O)NCc1ccc(N2CCC(c3ccc(OC(F)(F)F)cc3)CC2)cc1.Fc1ccc2c(Nc3ccc(Oc4ccc(Cl)cc4)cc3)ncnc2c1. The van der Waals surface area contributed by atoms with E-state index in [0.29, 0.717) is 57.2 Å². The minimum atomic E-state index is -4.68. The van der Waals surface area contributed by atoms with Crippen LogP contribution in [0.4, 0.5) is 34.8 Å². The number of alkyl halides is 3. The molecule has 1 saturated heterocycles. The number of anilines is 3. The van der Waals surface area contributed by atoms with Crippen LogP contribution in [0.2, 0.25) is 10.0 Å². The number of halogens is 6. The molecule has 3 aromatic heterocycles. The van der Waals surface area contributed by atoms with Gasteiger partial charge in [-0.25, -0.2) is 19.3 Å². The van der Waals surface area contributed by atoms with E-state index in [1.807, 2.05) is 43.3 Å². The summed E-state index contributed by atoms with van der Waals surface area (Å²) in [4.78, 5) is 28.2. The number of pyridine rings is 1. The average molecular weight is 923 g/mol. The number of fused-ring (bicyclic) bond motifs is 2. The van der Waals surface area contributed by atoms with Crippen molar-refractivity contribution in [2.75, 3.05) is 23.3 Å². The van der Waals surface area contributed by atoms with Crippen LogP contribution in [0.3, 0.4) is 0 Å². The molecule has 2 N–H and O–H groups in total. The molecule has 5 aromatic carbocycles. The van der Waals surface area contributed by atoms with E-state index >= 15 is 0 Å². The Kier molecular flexibility index (Phi) is 13.7. The highest BCUT2D eigenvalue weighted by Crippen LogP contribution is 2.33. The lowest BCUT2D eigenvalue weighted by atomic mass is 9.89. The van der Waals surface area contributed by atoms with E-state index in [9.17, 15) is 22.4 Å². The standard InChI is InChI=1S/C29H28ClF3N4O2.C20H13ClFN3O/c1-2-25-27(37-18-22(30)7-12-26(37)35-25)28(38)34-17-19-3-8-23(9-4-19)36-15-13-21(14-16-36)20-5-10-24(11-6-20)39-29(31,32)33;21-13-1-6-16(7-2-13)26-17-8-4-15(5-9-17)25-20-18-10-3-14(22)11-19(18)23-12-24-20/h3-12,18,21H,2,13-17H2,1H3,(H,34,38);1-12H,(H,23,24,25). The fourth-order valence-corrected chi connectivity index (χ4v) is 7.86. The van der Waals surface area contributed by atoms with Gasteiger partial charge in [-0.3, -0.25) is 9.20 Å². The maximum Gasteiger partial charge on any atom is 0.573 e. The lowest BCUT2D eigenvalue weighted by Gasteiger charge is -2.34. The molecule has 0 radical (unpaired) electrons. The molecular formula is C49H41Cl2F4N7O3. The number of hydrogen-bond acceptors (Lipinski definition) is 8. The first kappa shape index (κ1) is 44.7. The van der Waals surface area contributed by atoms with Crippen molar-refractivity contribution < 1.29 is 31.8 Å². The van der Waals surface area contributed by atoms with Crippen LogP contribution in [0.15, 0.2) is 140 Å². The van der Waals surface area contributed by atoms with E-state index in [-0.39, 0.29) is 23.4 Å². The number of nitrogens with one attached hydrogen (secondary N) is 2. The minimum absolute atomic E-state index is 0.200. The van der Waals surface area contributed by atoms with E-state index < -0.39 is 6.36 Å². The van der Waals surface area contributed by atoms with Gasteiger partial charge in [0.05, 0.1) is 16.2 Å². The summed E-state index contributed by atoms with van der Waals surface area (Å²) < 4.78 is 62.0. The maximum atomic E-state index is 13.3.